The maximum absolute atomic E-state index is 5.81. The highest BCUT2D eigenvalue weighted by atomic mass is 79.9. The van der Waals surface area contributed by atoms with Gasteiger partial charge in [-0.3, -0.25) is 0 Å². The van der Waals surface area contributed by atoms with E-state index < -0.39 is 0 Å². The van der Waals surface area contributed by atoms with Gasteiger partial charge in [0.15, 0.2) is 0 Å². The van der Waals surface area contributed by atoms with Gasteiger partial charge in [0.25, 0.3) is 0 Å². The fourth-order valence-electron chi connectivity index (χ4n) is 2.08. The van der Waals surface area contributed by atoms with Crippen LogP contribution in [0.15, 0.2) is 15.9 Å². The Labute approximate surface area is 121 Å². The van der Waals surface area contributed by atoms with Crippen LogP contribution >= 0.6 is 27.3 Å². The van der Waals surface area contributed by atoms with Gasteiger partial charge in [0.1, 0.15) is 0 Å². The van der Waals surface area contributed by atoms with E-state index in [1.54, 1.807) is 11.3 Å². The Balaban J connectivity index is 1.85. The van der Waals surface area contributed by atoms with E-state index in [0.717, 1.165) is 26.3 Å². The van der Waals surface area contributed by atoms with Crippen LogP contribution in [0.3, 0.4) is 0 Å². The number of rotatable bonds is 6. The topological polar surface area (TPSA) is 47.3 Å². The third kappa shape index (κ3) is 3.14. The Kier molecular flexibility index (Phi) is 4.49. The molecule has 18 heavy (non-hydrogen) atoms. The summed E-state index contributed by atoms with van der Waals surface area (Å²) in [6, 6.07) is 2.21. The van der Waals surface area contributed by atoms with E-state index in [4.69, 9.17) is 10.5 Å². The molecule has 1 aromatic heterocycles. The normalized spacial score (nSPS) is 18.7. The minimum atomic E-state index is 0.150. The van der Waals surface area contributed by atoms with Crippen molar-refractivity contribution in [3.8, 4) is 0 Å². The SMILES string of the molecule is CC(C)(CNCC1(CN)COC1)c1cc(Br)cs1. The average Bonchev–Trinajstić information content (AvgIpc) is 2.70. The number of thiophene rings is 1. The van der Waals surface area contributed by atoms with Crippen molar-refractivity contribution in [2.45, 2.75) is 19.3 Å². The number of hydrogen-bond donors (Lipinski definition) is 2. The molecule has 0 bridgehead atoms. The maximum Gasteiger partial charge on any atom is 0.0569 e. The molecule has 1 aliphatic rings. The van der Waals surface area contributed by atoms with Crippen LogP contribution in [0.5, 0.6) is 0 Å². The summed E-state index contributed by atoms with van der Waals surface area (Å²) in [5.41, 5.74) is 6.13. The monoisotopic (exact) mass is 332 g/mol. The van der Waals surface area contributed by atoms with E-state index in [1.807, 2.05) is 0 Å². The second-order valence-electron chi connectivity index (χ2n) is 5.81. The van der Waals surface area contributed by atoms with Gasteiger partial charge in [0.2, 0.25) is 0 Å². The van der Waals surface area contributed by atoms with E-state index in [-0.39, 0.29) is 10.8 Å². The second kappa shape index (κ2) is 5.59. The molecule has 0 unspecified atom stereocenters. The number of halogens is 1. The van der Waals surface area contributed by atoms with Gasteiger partial charge < -0.3 is 15.8 Å². The molecule has 0 saturated carbocycles. The van der Waals surface area contributed by atoms with E-state index >= 15 is 0 Å². The molecule has 0 aromatic carbocycles. The van der Waals surface area contributed by atoms with Crippen LogP contribution in [-0.2, 0) is 10.2 Å². The predicted octanol–water partition coefficient (Wildman–Crippen LogP) is 2.35. The maximum atomic E-state index is 5.81. The highest BCUT2D eigenvalue weighted by molar-refractivity contribution is 9.10. The van der Waals surface area contributed by atoms with Crippen molar-refractivity contribution in [2.75, 3.05) is 32.8 Å². The summed E-state index contributed by atoms with van der Waals surface area (Å²) in [4.78, 5) is 1.40. The van der Waals surface area contributed by atoms with Crippen LogP contribution in [0.25, 0.3) is 0 Å². The summed E-state index contributed by atoms with van der Waals surface area (Å²) in [5.74, 6) is 0. The second-order valence-corrected chi connectivity index (χ2v) is 7.64. The molecule has 2 rings (SSSR count). The Bertz CT molecular complexity index is 396. The molecule has 0 amide bonds. The van der Waals surface area contributed by atoms with Crippen LogP contribution in [0, 0.1) is 5.41 Å². The highest BCUT2D eigenvalue weighted by Crippen LogP contribution is 2.31. The van der Waals surface area contributed by atoms with Crippen LogP contribution in [0.4, 0.5) is 0 Å². The van der Waals surface area contributed by atoms with Crippen LogP contribution in [0.1, 0.15) is 18.7 Å². The standard InChI is InChI=1S/C13H21BrN2OS/c1-12(2,11-3-10(14)4-18-11)6-16-7-13(5-15)8-17-9-13/h3-4,16H,5-9,15H2,1-2H3. The predicted molar refractivity (Wildman–Crippen MR) is 80.2 cm³/mol. The molecule has 0 atom stereocenters. The third-order valence-corrected chi connectivity index (χ3v) is 5.61. The number of hydrogen-bond acceptors (Lipinski definition) is 4. The van der Waals surface area contributed by atoms with E-state index in [9.17, 15) is 0 Å². The average molecular weight is 333 g/mol. The minimum absolute atomic E-state index is 0.150. The van der Waals surface area contributed by atoms with Crippen LogP contribution < -0.4 is 11.1 Å². The Hall–Kier alpha value is 0.0600. The largest absolute Gasteiger partial charge is 0.380 e. The molecule has 5 heteroatoms. The summed E-state index contributed by atoms with van der Waals surface area (Å²) in [6.45, 7) is 8.73. The zero-order chi connectivity index (χ0) is 13.2. The van der Waals surface area contributed by atoms with Crippen molar-refractivity contribution in [3.63, 3.8) is 0 Å². The summed E-state index contributed by atoms with van der Waals surface area (Å²) in [7, 11) is 0. The van der Waals surface area contributed by atoms with Crippen molar-refractivity contribution in [3.05, 3.63) is 20.8 Å². The quantitative estimate of drug-likeness (QED) is 0.840. The van der Waals surface area contributed by atoms with E-state index in [2.05, 4.69) is 46.5 Å². The van der Waals surface area contributed by atoms with Crippen LogP contribution in [0.2, 0.25) is 0 Å². The van der Waals surface area contributed by atoms with Crippen molar-refractivity contribution in [2.24, 2.45) is 11.1 Å². The van der Waals surface area contributed by atoms with Crippen molar-refractivity contribution < 1.29 is 4.74 Å². The van der Waals surface area contributed by atoms with Gasteiger partial charge in [0, 0.05) is 45.2 Å². The zero-order valence-electron chi connectivity index (χ0n) is 11.0. The zero-order valence-corrected chi connectivity index (χ0v) is 13.4. The Morgan fingerprint density at radius 1 is 1.56 bits per heavy atom. The lowest BCUT2D eigenvalue weighted by molar-refractivity contribution is -0.105. The molecule has 1 aliphatic heterocycles. The molecular formula is C13H21BrN2OS. The van der Waals surface area contributed by atoms with E-state index in [1.165, 1.54) is 9.35 Å². The first-order chi connectivity index (χ1) is 8.47. The number of nitrogens with two attached hydrogens (primary N) is 1. The molecule has 0 spiro atoms. The lowest BCUT2D eigenvalue weighted by Gasteiger charge is -2.41. The molecule has 1 saturated heterocycles. The van der Waals surface area contributed by atoms with Gasteiger partial charge in [-0.15, -0.1) is 11.3 Å². The fourth-order valence-corrected chi connectivity index (χ4v) is 3.63. The smallest absolute Gasteiger partial charge is 0.0569 e. The van der Waals surface area contributed by atoms with Gasteiger partial charge >= 0.3 is 0 Å². The summed E-state index contributed by atoms with van der Waals surface area (Å²) < 4.78 is 6.44. The van der Waals surface area contributed by atoms with Gasteiger partial charge in [-0.05, 0) is 22.0 Å². The molecule has 1 aromatic rings. The highest BCUT2D eigenvalue weighted by Gasteiger charge is 2.37. The molecule has 102 valence electrons. The number of ether oxygens (including phenoxy) is 1. The molecule has 3 N–H and O–H groups in total. The Morgan fingerprint density at radius 2 is 2.28 bits per heavy atom. The summed E-state index contributed by atoms with van der Waals surface area (Å²) >= 11 is 5.32. The van der Waals surface area contributed by atoms with Gasteiger partial charge in [-0.2, -0.15) is 0 Å². The molecule has 0 aliphatic carbocycles. The van der Waals surface area contributed by atoms with Gasteiger partial charge in [0.05, 0.1) is 13.2 Å². The van der Waals surface area contributed by atoms with Crippen LogP contribution in [-0.4, -0.2) is 32.8 Å². The van der Waals surface area contributed by atoms with Gasteiger partial charge in [-0.25, -0.2) is 0 Å². The van der Waals surface area contributed by atoms with Crippen molar-refractivity contribution in [1.29, 1.82) is 0 Å². The molecule has 2 heterocycles. The lowest BCUT2D eigenvalue weighted by atomic mass is 9.85. The third-order valence-electron chi connectivity index (χ3n) is 3.55. The number of nitrogens with one attached hydrogen (secondary N) is 1. The first kappa shape index (κ1) is 14.5. The lowest BCUT2D eigenvalue weighted by Crippen LogP contribution is -2.55. The van der Waals surface area contributed by atoms with Gasteiger partial charge in [-0.1, -0.05) is 13.8 Å². The van der Waals surface area contributed by atoms with E-state index in [0.29, 0.717) is 6.54 Å². The summed E-state index contributed by atoms with van der Waals surface area (Å²) in [6.07, 6.45) is 0. The molecule has 3 nitrogen and oxygen atoms in total. The van der Waals surface area contributed by atoms with Crippen molar-refractivity contribution in [1.82, 2.24) is 5.32 Å². The Morgan fingerprint density at radius 3 is 2.72 bits per heavy atom. The molecular weight excluding hydrogens is 312 g/mol. The minimum Gasteiger partial charge on any atom is -0.380 e. The first-order valence-electron chi connectivity index (χ1n) is 6.21. The molecule has 1 fully saturated rings. The summed E-state index contributed by atoms with van der Waals surface area (Å²) in [5, 5.41) is 5.70. The molecule has 0 radical (unpaired) electrons. The first-order valence-corrected chi connectivity index (χ1v) is 7.88. The fraction of sp³-hybridized carbons (Fsp3) is 0.692. The van der Waals surface area contributed by atoms with Crippen molar-refractivity contribution >= 4 is 27.3 Å².